The summed E-state index contributed by atoms with van der Waals surface area (Å²) in [6.45, 7) is 10.4. The van der Waals surface area contributed by atoms with E-state index in [0.29, 0.717) is 5.41 Å². The molecule has 3 atom stereocenters. The van der Waals surface area contributed by atoms with E-state index in [4.69, 9.17) is 5.73 Å². The lowest BCUT2D eigenvalue weighted by Gasteiger charge is -2.41. The Kier molecular flexibility index (Phi) is 4.00. The largest absolute Gasteiger partial charge is 0.330 e. The molecule has 1 nitrogen and oxygen atoms in total. The van der Waals surface area contributed by atoms with Crippen LogP contribution in [0.1, 0.15) is 53.4 Å². The van der Waals surface area contributed by atoms with Crippen LogP contribution in [0.4, 0.5) is 0 Å². The Hall–Kier alpha value is -0.0400. The molecule has 14 heavy (non-hydrogen) atoms. The molecule has 1 aliphatic rings. The van der Waals surface area contributed by atoms with E-state index in [1.807, 2.05) is 0 Å². The molecule has 1 fully saturated rings. The van der Waals surface area contributed by atoms with Gasteiger partial charge in [-0.1, -0.05) is 34.1 Å². The predicted molar refractivity (Wildman–Crippen MR) is 63.1 cm³/mol. The summed E-state index contributed by atoms with van der Waals surface area (Å²) in [5.74, 6) is 2.60. The summed E-state index contributed by atoms with van der Waals surface area (Å²) >= 11 is 0. The van der Waals surface area contributed by atoms with Crippen LogP contribution in [0.25, 0.3) is 0 Å². The van der Waals surface area contributed by atoms with E-state index in [-0.39, 0.29) is 0 Å². The summed E-state index contributed by atoms with van der Waals surface area (Å²) in [7, 11) is 0. The van der Waals surface area contributed by atoms with E-state index in [0.717, 1.165) is 24.3 Å². The van der Waals surface area contributed by atoms with Crippen molar-refractivity contribution < 1.29 is 0 Å². The van der Waals surface area contributed by atoms with Crippen molar-refractivity contribution in [3.63, 3.8) is 0 Å². The first kappa shape index (κ1) is 12.0. The van der Waals surface area contributed by atoms with Gasteiger partial charge < -0.3 is 5.73 Å². The Morgan fingerprint density at radius 3 is 2.21 bits per heavy atom. The lowest BCUT2D eigenvalue weighted by Crippen LogP contribution is -2.34. The molecule has 0 spiro atoms. The third-order valence-electron chi connectivity index (χ3n) is 4.19. The van der Waals surface area contributed by atoms with Crippen LogP contribution in [0.2, 0.25) is 0 Å². The summed E-state index contributed by atoms with van der Waals surface area (Å²) < 4.78 is 0. The van der Waals surface area contributed by atoms with Crippen LogP contribution in [0.3, 0.4) is 0 Å². The maximum absolute atomic E-state index is 5.82. The van der Waals surface area contributed by atoms with E-state index < -0.39 is 0 Å². The molecule has 0 aliphatic heterocycles. The Morgan fingerprint density at radius 2 is 1.79 bits per heavy atom. The molecule has 0 aromatic heterocycles. The summed E-state index contributed by atoms with van der Waals surface area (Å²) in [4.78, 5) is 0. The maximum atomic E-state index is 5.82. The highest BCUT2D eigenvalue weighted by atomic mass is 14.6. The van der Waals surface area contributed by atoms with Gasteiger partial charge in [0.15, 0.2) is 0 Å². The number of hydrogen-bond acceptors (Lipinski definition) is 1. The zero-order valence-electron chi connectivity index (χ0n) is 10.3. The number of nitrogens with two attached hydrogens (primary N) is 1. The second-order valence-corrected chi connectivity index (χ2v) is 6.04. The van der Waals surface area contributed by atoms with Gasteiger partial charge in [-0.05, 0) is 49.0 Å². The van der Waals surface area contributed by atoms with Gasteiger partial charge in [0.1, 0.15) is 0 Å². The van der Waals surface area contributed by atoms with Crippen LogP contribution < -0.4 is 5.73 Å². The Labute approximate surface area is 89.5 Å². The van der Waals surface area contributed by atoms with Gasteiger partial charge in [0.05, 0.1) is 0 Å². The number of rotatable bonds is 2. The van der Waals surface area contributed by atoms with Gasteiger partial charge in [-0.3, -0.25) is 0 Å². The minimum atomic E-state index is 0.493. The van der Waals surface area contributed by atoms with Crippen LogP contribution in [0, 0.1) is 23.2 Å². The topological polar surface area (TPSA) is 26.0 Å². The van der Waals surface area contributed by atoms with E-state index in [1.54, 1.807) is 0 Å². The molecule has 1 saturated carbocycles. The van der Waals surface area contributed by atoms with Crippen LogP contribution in [-0.4, -0.2) is 6.54 Å². The molecule has 1 aliphatic carbocycles. The van der Waals surface area contributed by atoms with Crippen molar-refractivity contribution in [2.75, 3.05) is 6.54 Å². The van der Waals surface area contributed by atoms with Crippen molar-refractivity contribution in [1.29, 1.82) is 0 Å². The molecule has 2 N–H and O–H groups in total. The van der Waals surface area contributed by atoms with Gasteiger partial charge in [0.25, 0.3) is 0 Å². The van der Waals surface area contributed by atoms with Crippen molar-refractivity contribution >= 4 is 0 Å². The molecule has 0 bridgehead atoms. The van der Waals surface area contributed by atoms with Crippen molar-refractivity contribution in [3.8, 4) is 0 Å². The molecule has 3 unspecified atom stereocenters. The monoisotopic (exact) mass is 197 g/mol. The lowest BCUT2D eigenvalue weighted by atomic mass is 9.65. The summed E-state index contributed by atoms with van der Waals surface area (Å²) in [6, 6.07) is 0. The van der Waals surface area contributed by atoms with Gasteiger partial charge in [-0.25, -0.2) is 0 Å². The summed E-state index contributed by atoms with van der Waals surface area (Å²) in [6.07, 6.45) is 5.47. The molecule has 0 heterocycles. The standard InChI is InChI=1S/C13H27N/c1-5-10-8-12(13(2,3)4)7-6-11(10)9-14/h10-12H,5-9,14H2,1-4H3. The quantitative estimate of drug-likeness (QED) is 0.721. The summed E-state index contributed by atoms with van der Waals surface area (Å²) in [5.41, 5.74) is 6.32. The second-order valence-electron chi connectivity index (χ2n) is 6.04. The smallest absolute Gasteiger partial charge is 0.00462 e. The van der Waals surface area contributed by atoms with Gasteiger partial charge in [-0.15, -0.1) is 0 Å². The van der Waals surface area contributed by atoms with E-state index in [1.165, 1.54) is 25.7 Å². The van der Waals surface area contributed by atoms with Crippen LogP contribution >= 0.6 is 0 Å². The van der Waals surface area contributed by atoms with Gasteiger partial charge in [-0.2, -0.15) is 0 Å². The first-order valence-corrected chi connectivity index (χ1v) is 6.19. The predicted octanol–water partition coefficient (Wildman–Crippen LogP) is 3.43. The molecule has 0 amide bonds. The van der Waals surface area contributed by atoms with Gasteiger partial charge >= 0.3 is 0 Å². The highest BCUT2D eigenvalue weighted by Crippen LogP contribution is 2.43. The minimum Gasteiger partial charge on any atom is -0.330 e. The highest BCUT2D eigenvalue weighted by Gasteiger charge is 2.34. The fourth-order valence-corrected chi connectivity index (χ4v) is 2.92. The first-order chi connectivity index (χ1) is 6.49. The molecular weight excluding hydrogens is 170 g/mol. The third-order valence-corrected chi connectivity index (χ3v) is 4.19. The molecular formula is C13H27N. The fraction of sp³-hybridized carbons (Fsp3) is 1.00. The Bertz CT molecular complexity index is 169. The second kappa shape index (κ2) is 4.65. The molecule has 1 rings (SSSR count). The normalized spacial score (nSPS) is 34.5. The average Bonchev–Trinajstić information content (AvgIpc) is 2.15. The van der Waals surface area contributed by atoms with Crippen LogP contribution in [-0.2, 0) is 0 Å². The summed E-state index contributed by atoms with van der Waals surface area (Å²) in [5, 5.41) is 0. The Balaban J connectivity index is 2.57. The van der Waals surface area contributed by atoms with Crippen molar-refractivity contribution in [2.45, 2.75) is 53.4 Å². The minimum absolute atomic E-state index is 0.493. The fourth-order valence-electron chi connectivity index (χ4n) is 2.92. The molecule has 0 aromatic rings. The highest BCUT2D eigenvalue weighted by molar-refractivity contribution is 4.85. The molecule has 0 radical (unpaired) electrons. The van der Waals surface area contributed by atoms with E-state index >= 15 is 0 Å². The maximum Gasteiger partial charge on any atom is -0.00462 e. The van der Waals surface area contributed by atoms with Crippen LogP contribution in [0.5, 0.6) is 0 Å². The Morgan fingerprint density at radius 1 is 1.14 bits per heavy atom. The third kappa shape index (κ3) is 2.73. The molecule has 0 saturated heterocycles. The zero-order chi connectivity index (χ0) is 10.8. The number of hydrogen-bond donors (Lipinski definition) is 1. The van der Waals surface area contributed by atoms with Crippen molar-refractivity contribution in [1.82, 2.24) is 0 Å². The van der Waals surface area contributed by atoms with E-state index in [2.05, 4.69) is 27.7 Å². The van der Waals surface area contributed by atoms with Gasteiger partial charge in [0.2, 0.25) is 0 Å². The molecule has 0 aromatic carbocycles. The van der Waals surface area contributed by atoms with Crippen molar-refractivity contribution in [3.05, 3.63) is 0 Å². The molecule has 1 heteroatoms. The van der Waals surface area contributed by atoms with E-state index in [9.17, 15) is 0 Å². The average molecular weight is 197 g/mol. The lowest BCUT2D eigenvalue weighted by molar-refractivity contribution is 0.0990. The first-order valence-electron chi connectivity index (χ1n) is 6.19. The van der Waals surface area contributed by atoms with Gasteiger partial charge in [0, 0.05) is 0 Å². The van der Waals surface area contributed by atoms with Crippen LogP contribution in [0.15, 0.2) is 0 Å². The van der Waals surface area contributed by atoms with Crippen molar-refractivity contribution in [2.24, 2.45) is 28.9 Å². The SMILES string of the molecule is CCC1CC(C(C)(C)C)CCC1CN. The zero-order valence-corrected chi connectivity index (χ0v) is 10.3. The molecule has 84 valence electrons.